The fraction of sp³-hybridized carbons (Fsp3) is 0.333. The van der Waals surface area contributed by atoms with Crippen molar-refractivity contribution in [2.75, 3.05) is 5.32 Å². The zero-order chi connectivity index (χ0) is 14.1. The molecule has 0 atom stereocenters. The van der Waals surface area contributed by atoms with E-state index < -0.39 is 0 Å². The van der Waals surface area contributed by atoms with E-state index in [0.29, 0.717) is 10.8 Å². The first-order valence-electron chi connectivity index (χ1n) is 6.77. The summed E-state index contributed by atoms with van der Waals surface area (Å²) in [6.07, 6.45) is 3.12. The van der Waals surface area contributed by atoms with Crippen LogP contribution in [-0.2, 0) is 4.79 Å². The highest BCUT2D eigenvalue weighted by atomic mass is 35.5. The minimum absolute atomic E-state index is 0.0892. The number of hydrogen-bond acceptors (Lipinski definition) is 2. The van der Waals surface area contributed by atoms with Gasteiger partial charge < -0.3 is 5.32 Å². The van der Waals surface area contributed by atoms with Crippen LogP contribution in [0.3, 0.4) is 0 Å². The van der Waals surface area contributed by atoms with Crippen molar-refractivity contribution in [3.63, 3.8) is 0 Å². The molecule has 104 valence electrons. The molecular weight excluding hydrogens is 274 g/mol. The first-order chi connectivity index (χ1) is 9.63. The molecule has 0 aliphatic heterocycles. The second kappa shape index (κ2) is 5.29. The number of rotatable bonds is 3. The van der Waals surface area contributed by atoms with Crippen LogP contribution in [0.25, 0.3) is 5.69 Å². The SMILES string of the molecule is Cc1cc(NC(=O)C2CCC2)n(-c2ccc(Cl)cc2)n1. The van der Waals surface area contributed by atoms with E-state index in [1.165, 1.54) is 0 Å². The van der Waals surface area contributed by atoms with Gasteiger partial charge >= 0.3 is 0 Å². The van der Waals surface area contributed by atoms with Crippen LogP contribution >= 0.6 is 11.6 Å². The number of aryl methyl sites for hydroxylation is 1. The van der Waals surface area contributed by atoms with Crippen molar-refractivity contribution in [1.29, 1.82) is 0 Å². The predicted molar refractivity (Wildman–Crippen MR) is 79.3 cm³/mol. The van der Waals surface area contributed by atoms with Gasteiger partial charge in [0, 0.05) is 17.0 Å². The van der Waals surface area contributed by atoms with Crippen LogP contribution in [-0.4, -0.2) is 15.7 Å². The molecular formula is C15H16ClN3O. The van der Waals surface area contributed by atoms with Gasteiger partial charge in [-0.2, -0.15) is 5.10 Å². The summed E-state index contributed by atoms with van der Waals surface area (Å²) in [5, 5.41) is 8.08. The van der Waals surface area contributed by atoms with E-state index in [9.17, 15) is 4.79 Å². The van der Waals surface area contributed by atoms with E-state index in [-0.39, 0.29) is 11.8 Å². The minimum atomic E-state index is 0.0892. The van der Waals surface area contributed by atoms with Crippen LogP contribution in [0.4, 0.5) is 5.82 Å². The third-order valence-electron chi connectivity index (χ3n) is 3.63. The van der Waals surface area contributed by atoms with E-state index in [4.69, 9.17) is 11.6 Å². The van der Waals surface area contributed by atoms with Crippen LogP contribution in [0.15, 0.2) is 30.3 Å². The molecule has 0 unspecified atom stereocenters. The normalized spacial score (nSPS) is 14.9. The molecule has 0 radical (unpaired) electrons. The van der Waals surface area contributed by atoms with E-state index >= 15 is 0 Å². The number of nitrogens with zero attached hydrogens (tertiary/aromatic N) is 2. The van der Waals surface area contributed by atoms with Gasteiger partial charge in [-0.15, -0.1) is 0 Å². The number of anilines is 1. The van der Waals surface area contributed by atoms with Crippen molar-refractivity contribution in [1.82, 2.24) is 9.78 Å². The van der Waals surface area contributed by atoms with E-state index in [1.807, 2.05) is 37.3 Å². The van der Waals surface area contributed by atoms with Crippen molar-refractivity contribution >= 4 is 23.3 Å². The molecule has 2 aromatic rings. The zero-order valence-electron chi connectivity index (χ0n) is 11.3. The molecule has 0 bridgehead atoms. The van der Waals surface area contributed by atoms with Gasteiger partial charge in [0.1, 0.15) is 5.82 Å². The second-order valence-electron chi connectivity index (χ2n) is 5.18. The molecule has 1 heterocycles. The largest absolute Gasteiger partial charge is 0.310 e. The summed E-state index contributed by atoms with van der Waals surface area (Å²) < 4.78 is 1.74. The van der Waals surface area contributed by atoms with Gasteiger partial charge in [0.2, 0.25) is 5.91 Å². The van der Waals surface area contributed by atoms with Crippen molar-refractivity contribution in [2.24, 2.45) is 5.92 Å². The highest BCUT2D eigenvalue weighted by molar-refractivity contribution is 6.30. The number of hydrogen-bond donors (Lipinski definition) is 1. The smallest absolute Gasteiger partial charge is 0.228 e. The lowest BCUT2D eigenvalue weighted by Gasteiger charge is -2.24. The number of amides is 1. The molecule has 0 spiro atoms. The molecule has 4 nitrogen and oxygen atoms in total. The Balaban J connectivity index is 1.87. The molecule has 5 heteroatoms. The lowest BCUT2D eigenvalue weighted by molar-refractivity contribution is -0.122. The standard InChI is InChI=1S/C15H16ClN3O/c1-10-9-14(17-15(20)11-3-2-4-11)19(18-10)13-7-5-12(16)6-8-13/h5-9,11H,2-4H2,1H3,(H,17,20). The van der Waals surface area contributed by atoms with Crippen LogP contribution in [0.1, 0.15) is 25.0 Å². The third-order valence-corrected chi connectivity index (χ3v) is 3.88. The quantitative estimate of drug-likeness (QED) is 0.939. The lowest BCUT2D eigenvalue weighted by Crippen LogP contribution is -2.28. The van der Waals surface area contributed by atoms with Crippen molar-refractivity contribution in [3.8, 4) is 5.69 Å². The number of halogens is 1. The van der Waals surface area contributed by atoms with Crippen LogP contribution < -0.4 is 5.32 Å². The molecule has 1 N–H and O–H groups in total. The number of carbonyl (C=O) groups is 1. The maximum atomic E-state index is 12.1. The fourth-order valence-corrected chi connectivity index (χ4v) is 2.39. The molecule has 20 heavy (non-hydrogen) atoms. The predicted octanol–water partition coefficient (Wildman–Crippen LogP) is 3.57. The average molecular weight is 290 g/mol. The second-order valence-corrected chi connectivity index (χ2v) is 5.61. The average Bonchev–Trinajstić information content (AvgIpc) is 2.69. The highest BCUT2D eigenvalue weighted by Crippen LogP contribution is 2.28. The molecule has 1 aliphatic carbocycles. The Labute approximate surface area is 122 Å². The molecule has 1 aromatic heterocycles. The summed E-state index contributed by atoms with van der Waals surface area (Å²) in [6, 6.07) is 9.27. The molecule has 3 rings (SSSR count). The van der Waals surface area contributed by atoms with Crippen LogP contribution in [0.2, 0.25) is 5.02 Å². The summed E-state index contributed by atoms with van der Waals surface area (Å²) >= 11 is 5.90. The Bertz CT molecular complexity index is 629. The topological polar surface area (TPSA) is 46.9 Å². The highest BCUT2D eigenvalue weighted by Gasteiger charge is 2.26. The van der Waals surface area contributed by atoms with Gasteiger partial charge in [-0.3, -0.25) is 4.79 Å². The van der Waals surface area contributed by atoms with E-state index in [0.717, 1.165) is 30.6 Å². The summed E-state index contributed by atoms with van der Waals surface area (Å²) in [5.41, 5.74) is 1.75. The van der Waals surface area contributed by atoms with Gasteiger partial charge in [-0.05, 0) is 44.0 Å². The Kier molecular flexibility index (Phi) is 3.49. The van der Waals surface area contributed by atoms with Gasteiger partial charge in [-0.25, -0.2) is 4.68 Å². The van der Waals surface area contributed by atoms with Gasteiger partial charge in [-0.1, -0.05) is 18.0 Å². The summed E-state index contributed by atoms with van der Waals surface area (Å²) in [6.45, 7) is 1.91. The third kappa shape index (κ3) is 2.56. The molecule has 1 aromatic carbocycles. The van der Waals surface area contributed by atoms with Crippen molar-refractivity contribution < 1.29 is 4.79 Å². The van der Waals surface area contributed by atoms with E-state index in [2.05, 4.69) is 10.4 Å². The van der Waals surface area contributed by atoms with Gasteiger partial charge in [0.25, 0.3) is 0 Å². The number of nitrogens with one attached hydrogen (secondary N) is 1. The fourth-order valence-electron chi connectivity index (χ4n) is 2.27. The van der Waals surface area contributed by atoms with Crippen molar-refractivity contribution in [2.45, 2.75) is 26.2 Å². The lowest BCUT2D eigenvalue weighted by atomic mass is 9.85. The van der Waals surface area contributed by atoms with Gasteiger partial charge in [0.05, 0.1) is 11.4 Å². The molecule has 1 amide bonds. The monoisotopic (exact) mass is 289 g/mol. The maximum absolute atomic E-state index is 12.1. The minimum Gasteiger partial charge on any atom is -0.310 e. The summed E-state index contributed by atoms with van der Waals surface area (Å²) in [7, 11) is 0. The zero-order valence-corrected chi connectivity index (χ0v) is 12.0. The Morgan fingerprint density at radius 3 is 2.65 bits per heavy atom. The molecule has 1 fully saturated rings. The first kappa shape index (κ1) is 13.2. The molecule has 0 saturated heterocycles. The van der Waals surface area contributed by atoms with Crippen LogP contribution in [0, 0.1) is 12.8 Å². The Morgan fingerprint density at radius 2 is 2.05 bits per heavy atom. The first-order valence-corrected chi connectivity index (χ1v) is 7.15. The Hall–Kier alpha value is -1.81. The molecule has 1 saturated carbocycles. The summed E-state index contributed by atoms with van der Waals surface area (Å²) in [5.74, 6) is 0.956. The number of benzene rings is 1. The van der Waals surface area contributed by atoms with Crippen molar-refractivity contribution in [3.05, 3.63) is 41.0 Å². The maximum Gasteiger partial charge on any atom is 0.228 e. The van der Waals surface area contributed by atoms with E-state index in [1.54, 1.807) is 4.68 Å². The van der Waals surface area contributed by atoms with Crippen LogP contribution in [0.5, 0.6) is 0 Å². The van der Waals surface area contributed by atoms with Gasteiger partial charge in [0.15, 0.2) is 0 Å². The number of carbonyl (C=O) groups excluding carboxylic acids is 1. The Morgan fingerprint density at radius 1 is 1.35 bits per heavy atom. The molecule has 1 aliphatic rings. The summed E-state index contributed by atoms with van der Waals surface area (Å²) in [4.78, 5) is 12.1. The number of aromatic nitrogens is 2.